The number of nitrogens with zero attached hydrogens (tertiary/aromatic N) is 2. The second kappa shape index (κ2) is 8.29. The van der Waals surface area contributed by atoms with Crippen LogP contribution in [0.2, 0.25) is 0 Å². The minimum atomic E-state index is -3.53. The minimum absolute atomic E-state index is 0.135. The molecule has 1 aromatic carbocycles. The SMILES string of the molecule is CS(=O)(=O)N(CC(=O)N1CCC(C(N)=O)CC1)Cc1ccc(Br)cc1. The van der Waals surface area contributed by atoms with E-state index in [1.54, 1.807) is 4.90 Å². The van der Waals surface area contributed by atoms with Crippen molar-refractivity contribution in [1.82, 2.24) is 9.21 Å². The Morgan fingerprint density at radius 1 is 1.24 bits per heavy atom. The third-order valence-corrected chi connectivity index (χ3v) is 6.03. The van der Waals surface area contributed by atoms with E-state index in [9.17, 15) is 18.0 Å². The highest BCUT2D eigenvalue weighted by atomic mass is 79.9. The van der Waals surface area contributed by atoms with Gasteiger partial charge >= 0.3 is 0 Å². The molecule has 1 heterocycles. The van der Waals surface area contributed by atoms with E-state index in [-0.39, 0.29) is 30.8 Å². The van der Waals surface area contributed by atoms with Gasteiger partial charge in [0.25, 0.3) is 0 Å². The molecular formula is C16H22BrN3O4S. The molecule has 0 bridgehead atoms. The van der Waals surface area contributed by atoms with Gasteiger partial charge in [-0.15, -0.1) is 0 Å². The number of hydrogen-bond donors (Lipinski definition) is 1. The number of hydrogen-bond acceptors (Lipinski definition) is 4. The number of carbonyl (C=O) groups is 2. The molecule has 0 aromatic heterocycles. The van der Waals surface area contributed by atoms with Crippen molar-refractivity contribution in [3.8, 4) is 0 Å². The van der Waals surface area contributed by atoms with Crippen molar-refractivity contribution in [2.24, 2.45) is 11.7 Å². The lowest BCUT2D eigenvalue weighted by Gasteiger charge is -2.32. The van der Waals surface area contributed by atoms with Crippen LogP contribution < -0.4 is 5.73 Å². The van der Waals surface area contributed by atoms with Gasteiger partial charge < -0.3 is 10.6 Å². The summed E-state index contributed by atoms with van der Waals surface area (Å²) >= 11 is 3.33. The van der Waals surface area contributed by atoms with E-state index in [4.69, 9.17) is 5.73 Å². The number of amides is 2. The fourth-order valence-corrected chi connectivity index (χ4v) is 3.74. The summed E-state index contributed by atoms with van der Waals surface area (Å²) in [4.78, 5) is 25.3. The molecule has 2 rings (SSSR count). The Kier molecular flexibility index (Phi) is 6.59. The predicted molar refractivity (Wildman–Crippen MR) is 97.9 cm³/mol. The van der Waals surface area contributed by atoms with E-state index in [0.29, 0.717) is 25.9 Å². The molecule has 0 spiro atoms. The average Bonchev–Trinajstić information content (AvgIpc) is 2.55. The van der Waals surface area contributed by atoms with Crippen LogP contribution in [-0.2, 0) is 26.2 Å². The van der Waals surface area contributed by atoms with Crippen LogP contribution in [0.25, 0.3) is 0 Å². The smallest absolute Gasteiger partial charge is 0.237 e. The molecular weight excluding hydrogens is 410 g/mol. The largest absolute Gasteiger partial charge is 0.369 e. The van der Waals surface area contributed by atoms with E-state index in [0.717, 1.165) is 16.3 Å². The van der Waals surface area contributed by atoms with E-state index >= 15 is 0 Å². The molecule has 2 amide bonds. The lowest BCUT2D eigenvalue weighted by atomic mass is 9.96. The van der Waals surface area contributed by atoms with Crippen LogP contribution in [0.15, 0.2) is 28.7 Å². The highest BCUT2D eigenvalue weighted by Crippen LogP contribution is 2.18. The Hall–Kier alpha value is -1.45. The van der Waals surface area contributed by atoms with Crippen molar-refractivity contribution < 1.29 is 18.0 Å². The van der Waals surface area contributed by atoms with E-state index in [2.05, 4.69) is 15.9 Å². The Labute approximate surface area is 156 Å². The van der Waals surface area contributed by atoms with Crippen LogP contribution >= 0.6 is 15.9 Å². The molecule has 1 saturated heterocycles. The molecule has 1 aliphatic heterocycles. The van der Waals surface area contributed by atoms with Crippen LogP contribution in [0.1, 0.15) is 18.4 Å². The molecule has 0 atom stereocenters. The first-order valence-corrected chi connectivity index (χ1v) is 10.6. The second-order valence-electron chi connectivity index (χ2n) is 6.21. The first-order chi connectivity index (χ1) is 11.7. The Morgan fingerprint density at radius 3 is 2.28 bits per heavy atom. The fraction of sp³-hybridized carbons (Fsp3) is 0.500. The molecule has 0 unspecified atom stereocenters. The molecule has 9 heteroatoms. The van der Waals surface area contributed by atoms with Crippen LogP contribution in [0, 0.1) is 5.92 Å². The summed E-state index contributed by atoms with van der Waals surface area (Å²) in [6.45, 7) is 0.760. The molecule has 0 aliphatic carbocycles. The van der Waals surface area contributed by atoms with Gasteiger partial charge in [0.05, 0.1) is 12.8 Å². The molecule has 0 radical (unpaired) electrons. The maximum Gasteiger partial charge on any atom is 0.237 e. The third kappa shape index (κ3) is 5.79. The highest BCUT2D eigenvalue weighted by Gasteiger charge is 2.28. The zero-order valence-electron chi connectivity index (χ0n) is 14.0. The van der Waals surface area contributed by atoms with E-state index in [1.165, 1.54) is 4.31 Å². The summed E-state index contributed by atoms with van der Waals surface area (Å²) in [5.41, 5.74) is 6.09. The molecule has 2 N–H and O–H groups in total. The first kappa shape index (κ1) is 19.9. The molecule has 25 heavy (non-hydrogen) atoms. The minimum Gasteiger partial charge on any atom is -0.369 e. The summed E-state index contributed by atoms with van der Waals surface area (Å²) < 4.78 is 26.2. The lowest BCUT2D eigenvalue weighted by Crippen LogP contribution is -2.46. The summed E-state index contributed by atoms with van der Waals surface area (Å²) in [6.07, 6.45) is 2.14. The van der Waals surface area contributed by atoms with Gasteiger partial charge in [-0.05, 0) is 30.5 Å². The quantitative estimate of drug-likeness (QED) is 0.723. The number of primary amides is 1. The van der Waals surface area contributed by atoms with Gasteiger partial charge in [-0.25, -0.2) is 8.42 Å². The van der Waals surface area contributed by atoms with E-state index < -0.39 is 10.0 Å². The van der Waals surface area contributed by atoms with Crippen molar-refractivity contribution in [3.63, 3.8) is 0 Å². The number of rotatable bonds is 6. The number of likely N-dealkylation sites (tertiary alicyclic amines) is 1. The third-order valence-electron chi connectivity index (χ3n) is 4.30. The van der Waals surface area contributed by atoms with Gasteiger partial charge in [-0.2, -0.15) is 4.31 Å². The number of benzene rings is 1. The van der Waals surface area contributed by atoms with Gasteiger partial charge in [0.1, 0.15) is 0 Å². The van der Waals surface area contributed by atoms with Crippen LogP contribution in [-0.4, -0.2) is 55.3 Å². The molecule has 0 saturated carbocycles. The highest BCUT2D eigenvalue weighted by molar-refractivity contribution is 9.10. The molecule has 7 nitrogen and oxygen atoms in total. The average molecular weight is 432 g/mol. The predicted octanol–water partition coefficient (Wildman–Crippen LogP) is 0.935. The Bertz CT molecular complexity index is 728. The summed E-state index contributed by atoms with van der Waals surface area (Å²) in [5.74, 6) is -0.816. The second-order valence-corrected chi connectivity index (χ2v) is 9.11. The van der Waals surface area contributed by atoms with Crippen molar-refractivity contribution >= 4 is 37.8 Å². The van der Waals surface area contributed by atoms with Crippen molar-refractivity contribution in [3.05, 3.63) is 34.3 Å². The lowest BCUT2D eigenvalue weighted by molar-refractivity contribution is -0.135. The van der Waals surface area contributed by atoms with E-state index in [1.807, 2.05) is 24.3 Å². The van der Waals surface area contributed by atoms with Crippen LogP contribution in [0.4, 0.5) is 0 Å². The maximum absolute atomic E-state index is 12.5. The zero-order chi connectivity index (χ0) is 18.6. The van der Waals surface area contributed by atoms with Gasteiger partial charge in [0.15, 0.2) is 0 Å². The number of nitrogens with two attached hydrogens (primary N) is 1. The topological polar surface area (TPSA) is 101 Å². The van der Waals surface area contributed by atoms with Gasteiger partial charge in [0, 0.05) is 30.0 Å². The van der Waals surface area contributed by atoms with Crippen molar-refractivity contribution in [2.45, 2.75) is 19.4 Å². The Morgan fingerprint density at radius 2 is 1.80 bits per heavy atom. The fourth-order valence-electron chi connectivity index (χ4n) is 2.75. The number of halogens is 1. The first-order valence-electron chi connectivity index (χ1n) is 7.93. The summed E-state index contributed by atoms with van der Waals surface area (Å²) in [5, 5.41) is 0. The summed E-state index contributed by atoms with van der Waals surface area (Å²) in [6, 6.07) is 7.27. The normalized spacial score (nSPS) is 16.2. The van der Waals surface area contributed by atoms with Gasteiger partial charge in [-0.3, -0.25) is 9.59 Å². The monoisotopic (exact) mass is 431 g/mol. The number of carbonyl (C=O) groups excluding carboxylic acids is 2. The molecule has 138 valence electrons. The molecule has 1 fully saturated rings. The van der Waals surface area contributed by atoms with Gasteiger partial charge in [0.2, 0.25) is 21.8 Å². The molecule has 1 aliphatic rings. The van der Waals surface area contributed by atoms with Crippen LogP contribution in [0.3, 0.4) is 0 Å². The van der Waals surface area contributed by atoms with Gasteiger partial charge in [-0.1, -0.05) is 28.1 Å². The maximum atomic E-state index is 12.5. The summed E-state index contributed by atoms with van der Waals surface area (Å²) in [7, 11) is -3.53. The number of piperidine rings is 1. The van der Waals surface area contributed by atoms with Crippen LogP contribution in [0.5, 0.6) is 0 Å². The Balaban J connectivity index is 2.01. The number of sulfonamides is 1. The molecule has 1 aromatic rings. The van der Waals surface area contributed by atoms with Crippen molar-refractivity contribution in [1.29, 1.82) is 0 Å². The van der Waals surface area contributed by atoms with Crippen molar-refractivity contribution in [2.75, 3.05) is 25.9 Å². The zero-order valence-corrected chi connectivity index (χ0v) is 16.4. The standard InChI is InChI=1S/C16H22BrN3O4S/c1-25(23,24)20(10-12-2-4-14(17)5-3-12)11-15(21)19-8-6-13(7-9-19)16(18)22/h2-5,13H,6-11H2,1H3,(H2,18,22).